The normalized spacial score (nSPS) is 13.1. The third-order valence-corrected chi connectivity index (χ3v) is 13.1. The Morgan fingerprint density at radius 2 is 1.02 bits per heavy atom. The lowest BCUT2D eigenvalue weighted by Gasteiger charge is -2.29. The van der Waals surface area contributed by atoms with Crippen LogP contribution in [0.15, 0.2) is 188 Å². The monoisotopic (exact) mass is 719 g/mol. The summed E-state index contributed by atoms with van der Waals surface area (Å²) in [4.78, 5) is 2.51. The summed E-state index contributed by atoms with van der Waals surface area (Å²) in [6.07, 6.45) is 0. The minimum Gasteiger partial charge on any atom is -0.308 e. The van der Waals surface area contributed by atoms with Crippen molar-refractivity contribution in [3.8, 4) is 33.4 Å². The number of anilines is 3. The molecule has 10 aromatic rings. The number of fused-ring (bicyclic) bond motifs is 8. The van der Waals surface area contributed by atoms with Gasteiger partial charge in [0, 0.05) is 32.1 Å². The van der Waals surface area contributed by atoms with Gasteiger partial charge in [-0.1, -0.05) is 159 Å². The van der Waals surface area contributed by atoms with E-state index < -0.39 is 0 Å². The van der Waals surface area contributed by atoms with Crippen LogP contribution < -0.4 is 4.90 Å². The Morgan fingerprint density at radius 3 is 1.87 bits per heavy atom. The van der Waals surface area contributed by atoms with Crippen molar-refractivity contribution < 1.29 is 0 Å². The predicted molar refractivity (Wildman–Crippen MR) is 237 cm³/mol. The van der Waals surface area contributed by atoms with Crippen molar-refractivity contribution in [2.24, 2.45) is 0 Å². The van der Waals surface area contributed by atoms with Gasteiger partial charge in [-0.25, -0.2) is 0 Å². The first-order valence-corrected chi connectivity index (χ1v) is 19.9. The Labute approximate surface area is 325 Å². The molecule has 9 aromatic carbocycles. The van der Waals surface area contributed by atoms with Gasteiger partial charge in [0.15, 0.2) is 0 Å². The minimum atomic E-state index is -0.0983. The maximum atomic E-state index is 2.51. The standard InChI is InChI=1S/C53H37NS/c1-53(2)46-23-9-7-20-44(46)51-47(53)24-13-25-48(51)54(49-26-12-22-43-42-19-8-10-27-50(42)55-52(43)49)38-30-28-34(29-31-38)37-32-36-15-4-6-18-40(36)45(33-37)41-21-11-16-35-14-3-5-17-39(35)41/h3-33H,1-2H3. The average molecular weight is 720 g/mol. The third kappa shape index (κ3) is 4.92. The van der Waals surface area contributed by atoms with Crippen LogP contribution in [0.3, 0.4) is 0 Å². The van der Waals surface area contributed by atoms with Crippen LogP contribution in [0.1, 0.15) is 25.0 Å². The molecule has 0 saturated carbocycles. The predicted octanol–water partition coefficient (Wildman–Crippen LogP) is 15.5. The van der Waals surface area contributed by atoms with Crippen LogP contribution in [-0.2, 0) is 5.41 Å². The Bertz CT molecular complexity index is 3120. The highest BCUT2D eigenvalue weighted by molar-refractivity contribution is 7.26. The van der Waals surface area contributed by atoms with Gasteiger partial charge in [0.25, 0.3) is 0 Å². The van der Waals surface area contributed by atoms with E-state index in [-0.39, 0.29) is 5.41 Å². The molecule has 0 atom stereocenters. The molecule has 0 fully saturated rings. The van der Waals surface area contributed by atoms with Crippen molar-refractivity contribution in [2.75, 3.05) is 4.90 Å². The highest BCUT2D eigenvalue weighted by atomic mass is 32.1. The molecular weight excluding hydrogens is 683 g/mol. The molecule has 11 rings (SSSR count). The maximum absolute atomic E-state index is 2.51. The zero-order valence-corrected chi connectivity index (χ0v) is 31.6. The fraction of sp³-hybridized carbons (Fsp3) is 0.0566. The molecule has 260 valence electrons. The van der Waals surface area contributed by atoms with Gasteiger partial charge in [-0.15, -0.1) is 11.3 Å². The number of thiophene rings is 1. The number of hydrogen-bond donors (Lipinski definition) is 0. The third-order valence-electron chi connectivity index (χ3n) is 11.9. The summed E-state index contributed by atoms with van der Waals surface area (Å²) in [5.41, 5.74) is 13.8. The largest absolute Gasteiger partial charge is 0.308 e. The van der Waals surface area contributed by atoms with Crippen LogP contribution in [0.25, 0.3) is 75.1 Å². The second-order valence-electron chi connectivity index (χ2n) is 15.3. The number of hydrogen-bond acceptors (Lipinski definition) is 2. The van der Waals surface area contributed by atoms with E-state index in [9.17, 15) is 0 Å². The molecule has 0 N–H and O–H groups in total. The first-order chi connectivity index (χ1) is 27.0. The molecule has 0 bridgehead atoms. The van der Waals surface area contributed by atoms with Gasteiger partial charge >= 0.3 is 0 Å². The molecule has 1 nitrogen and oxygen atoms in total. The number of nitrogens with zero attached hydrogens (tertiary/aromatic N) is 1. The van der Waals surface area contributed by atoms with E-state index in [0.717, 1.165) is 5.69 Å². The molecule has 55 heavy (non-hydrogen) atoms. The molecule has 0 aliphatic heterocycles. The fourth-order valence-corrected chi connectivity index (χ4v) is 10.4. The molecule has 1 aliphatic carbocycles. The molecule has 0 spiro atoms. The molecular formula is C53H37NS. The van der Waals surface area contributed by atoms with Crippen molar-refractivity contribution >= 4 is 70.1 Å². The molecule has 1 aromatic heterocycles. The SMILES string of the molecule is CC1(C)c2ccccc2-c2c(N(c3ccc(-c4cc(-c5cccc6ccccc56)c5ccccc5c4)cc3)c3cccc4c3sc3ccccc34)cccc21. The van der Waals surface area contributed by atoms with E-state index in [1.165, 1.54) is 97.6 Å². The van der Waals surface area contributed by atoms with Gasteiger partial charge in [-0.2, -0.15) is 0 Å². The molecule has 2 heteroatoms. The topological polar surface area (TPSA) is 3.24 Å². The summed E-state index contributed by atoms with van der Waals surface area (Å²) < 4.78 is 2.61. The summed E-state index contributed by atoms with van der Waals surface area (Å²) in [6.45, 7) is 4.73. The van der Waals surface area contributed by atoms with Crippen molar-refractivity contribution in [1.29, 1.82) is 0 Å². The van der Waals surface area contributed by atoms with Crippen molar-refractivity contribution in [1.82, 2.24) is 0 Å². The van der Waals surface area contributed by atoms with E-state index >= 15 is 0 Å². The highest BCUT2D eigenvalue weighted by Crippen LogP contribution is 2.55. The van der Waals surface area contributed by atoms with E-state index in [1.54, 1.807) is 0 Å². The zero-order chi connectivity index (χ0) is 36.7. The van der Waals surface area contributed by atoms with E-state index in [1.807, 2.05) is 11.3 Å². The van der Waals surface area contributed by atoms with Crippen LogP contribution in [0.2, 0.25) is 0 Å². The lowest BCUT2D eigenvalue weighted by Crippen LogP contribution is -2.16. The Balaban J connectivity index is 1.12. The summed E-state index contributed by atoms with van der Waals surface area (Å²) in [6, 6.07) is 69.6. The van der Waals surface area contributed by atoms with E-state index in [2.05, 4.69) is 207 Å². The smallest absolute Gasteiger partial charge is 0.0640 e. The number of rotatable bonds is 5. The lowest BCUT2D eigenvalue weighted by atomic mass is 9.82. The second kappa shape index (κ2) is 12.3. The molecule has 0 saturated heterocycles. The zero-order valence-electron chi connectivity index (χ0n) is 30.8. The van der Waals surface area contributed by atoms with Gasteiger partial charge in [0.1, 0.15) is 0 Å². The summed E-state index contributed by atoms with van der Waals surface area (Å²) in [5, 5.41) is 7.64. The quantitative estimate of drug-likeness (QED) is 0.171. The minimum absolute atomic E-state index is 0.0983. The number of benzene rings is 9. The van der Waals surface area contributed by atoms with Crippen LogP contribution >= 0.6 is 11.3 Å². The van der Waals surface area contributed by atoms with Gasteiger partial charge in [0.05, 0.1) is 16.1 Å². The summed E-state index contributed by atoms with van der Waals surface area (Å²) in [5.74, 6) is 0. The van der Waals surface area contributed by atoms with Gasteiger partial charge in [-0.05, 0) is 103 Å². The van der Waals surface area contributed by atoms with Gasteiger partial charge in [0.2, 0.25) is 0 Å². The maximum Gasteiger partial charge on any atom is 0.0640 e. The lowest BCUT2D eigenvalue weighted by molar-refractivity contribution is 0.660. The van der Waals surface area contributed by atoms with Gasteiger partial charge in [-0.3, -0.25) is 0 Å². The average Bonchev–Trinajstić information content (AvgIpc) is 3.73. The van der Waals surface area contributed by atoms with Crippen LogP contribution in [-0.4, -0.2) is 0 Å². The summed E-state index contributed by atoms with van der Waals surface area (Å²) in [7, 11) is 0. The summed E-state index contributed by atoms with van der Waals surface area (Å²) >= 11 is 1.88. The Morgan fingerprint density at radius 1 is 0.418 bits per heavy atom. The highest BCUT2D eigenvalue weighted by Gasteiger charge is 2.38. The molecule has 1 aliphatic rings. The van der Waals surface area contributed by atoms with Crippen LogP contribution in [0.4, 0.5) is 17.1 Å². The molecule has 0 amide bonds. The van der Waals surface area contributed by atoms with E-state index in [4.69, 9.17) is 0 Å². The van der Waals surface area contributed by atoms with Gasteiger partial charge < -0.3 is 4.90 Å². The molecule has 0 unspecified atom stereocenters. The van der Waals surface area contributed by atoms with Crippen LogP contribution in [0.5, 0.6) is 0 Å². The van der Waals surface area contributed by atoms with Crippen LogP contribution in [0, 0.1) is 0 Å². The Kier molecular flexibility index (Phi) is 7.14. The van der Waals surface area contributed by atoms with Crippen molar-refractivity contribution in [2.45, 2.75) is 19.3 Å². The Hall–Kier alpha value is -6.48. The first kappa shape index (κ1) is 32.0. The molecule has 0 radical (unpaired) electrons. The first-order valence-electron chi connectivity index (χ1n) is 19.1. The molecule has 1 heterocycles. The fourth-order valence-electron chi connectivity index (χ4n) is 9.20. The van der Waals surface area contributed by atoms with Crippen molar-refractivity contribution in [3.63, 3.8) is 0 Å². The van der Waals surface area contributed by atoms with Crippen molar-refractivity contribution in [3.05, 3.63) is 199 Å². The van der Waals surface area contributed by atoms with E-state index in [0.29, 0.717) is 0 Å². The second-order valence-corrected chi connectivity index (χ2v) is 16.3.